The van der Waals surface area contributed by atoms with Crippen LogP contribution in [0.1, 0.15) is 33.2 Å². The Labute approximate surface area is 336 Å². The molecule has 2 N–H and O–H groups in total. The van der Waals surface area contributed by atoms with E-state index >= 15 is 0 Å². The van der Waals surface area contributed by atoms with Crippen molar-refractivity contribution >= 4 is 46.3 Å². The molecule has 0 radical (unpaired) electrons. The highest BCUT2D eigenvalue weighted by Crippen LogP contribution is 2.34. The van der Waals surface area contributed by atoms with Crippen LogP contribution in [-0.2, 0) is 10.9 Å². The lowest BCUT2D eigenvalue weighted by Gasteiger charge is -2.10. The Morgan fingerprint density at radius 3 is 1.60 bits per heavy atom. The van der Waals surface area contributed by atoms with Crippen molar-refractivity contribution in [2.45, 2.75) is 19.5 Å². The van der Waals surface area contributed by atoms with Gasteiger partial charge in [0.1, 0.15) is 5.75 Å². The molecule has 0 unspecified atom stereocenters. The molecule has 0 saturated heterocycles. The van der Waals surface area contributed by atoms with Gasteiger partial charge in [-0.15, -0.1) is 23.4 Å². The van der Waals surface area contributed by atoms with Gasteiger partial charge in [0.15, 0.2) is 17.1 Å². The maximum atomic E-state index is 13.1. The fourth-order valence-electron chi connectivity index (χ4n) is 5.95. The molecule has 0 saturated carbocycles. The van der Waals surface area contributed by atoms with E-state index in [2.05, 4.69) is 40.3 Å². The van der Waals surface area contributed by atoms with Gasteiger partial charge < -0.3 is 20.1 Å². The van der Waals surface area contributed by atoms with Crippen LogP contribution in [0, 0.1) is 0 Å². The number of alkyl halides is 6. The number of ketones is 1. The maximum absolute atomic E-state index is 13.1. The Bertz CT molecular complexity index is 2820. The topological polar surface area (TPSA) is 137 Å². The predicted molar refractivity (Wildman–Crippen MR) is 209 cm³/mol. The smallest absolute Gasteiger partial charge is 0.465 e. The van der Waals surface area contributed by atoms with E-state index in [9.17, 15) is 35.9 Å². The first kappa shape index (κ1) is 40.4. The number of rotatable bonds is 9. The van der Waals surface area contributed by atoms with Gasteiger partial charge in [-0.2, -0.15) is 23.1 Å². The molecule has 0 bridgehead atoms. The lowest BCUT2D eigenvalue weighted by Crippen LogP contribution is -2.17. The molecule has 0 aliphatic heterocycles. The standard InChI is InChI=1S/C21H15F3N4O3.C21H15F3N4O/c1-30-19(29)13-7-9-15(10-8-13)25-20-26-18-17(6-3-11-28(18)27-20)14-4-2-5-16(12-14)31-21(22,23)24;1-13(29)14-7-9-17(10-8-14)25-20-26-19-18(6-3-11-28(19)27-20)15-4-2-5-16(12-15)21(22,23)24/h2-12H,1H3,(H,25,27);2-12H,1H3,(H,25,27). The number of hydrogen-bond donors (Lipinski definition) is 2. The van der Waals surface area contributed by atoms with Gasteiger partial charge in [-0.05, 0) is 115 Å². The molecule has 8 rings (SSSR count). The van der Waals surface area contributed by atoms with Gasteiger partial charge in [0.25, 0.3) is 0 Å². The van der Waals surface area contributed by atoms with Crippen LogP contribution < -0.4 is 15.4 Å². The lowest BCUT2D eigenvalue weighted by molar-refractivity contribution is -0.274. The molecular weight excluding hydrogens is 795 g/mol. The molecule has 4 aromatic heterocycles. The van der Waals surface area contributed by atoms with Crippen LogP contribution in [0.25, 0.3) is 33.5 Å². The van der Waals surface area contributed by atoms with Crippen LogP contribution in [0.2, 0.25) is 0 Å². The number of ether oxygens (including phenoxy) is 2. The third-order valence-corrected chi connectivity index (χ3v) is 8.71. The molecule has 0 fully saturated rings. The first-order chi connectivity index (χ1) is 28.6. The van der Waals surface area contributed by atoms with Crippen molar-refractivity contribution < 1.29 is 45.4 Å². The zero-order chi connectivity index (χ0) is 42.6. The number of aromatic nitrogens is 6. The molecule has 4 aromatic carbocycles. The normalized spacial score (nSPS) is 11.5. The van der Waals surface area contributed by atoms with Crippen molar-refractivity contribution in [3.05, 3.63) is 150 Å². The van der Waals surface area contributed by atoms with Crippen molar-refractivity contribution in [3.8, 4) is 28.0 Å². The second kappa shape index (κ2) is 16.6. The van der Waals surface area contributed by atoms with Gasteiger partial charge in [-0.3, -0.25) is 4.79 Å². The number of nitrogens with zero attached hydrogens (tertiary/aromatic N) is 6. The molecular formula is C42H30F6N8O4. The molecule has 0 atom stereocenters. The molecule has 0 amide bonds. The van der Waals surface area contributed by atoms with Crippen molar-refractivity contribution in [2.24, 2.45) is 0 Å². The van der Waals surface area contributed by atoms with E-state index in [1.165, 1.54) is 47.3 Å². The lowest BCUT2D eigenvalue weighted by atomic mass is 10.0. The minimum Gasteiger partial charge on any atom is -0.465 e. The summed E-state index contributed by atoms with van der Waals surface area (Å²) in [6, 6.07) is 31.0. The van der Waals surface area contributed by atoms with E-state index in [-0.39, 0.29) is 17.5 Å². The summed E-state index contributed by atoms with van der Waals surface area (Å²) < 4.78 is 88.5. The first-order valence-corrected chi connectivity index (χ1v) is 17.7. The molecule has 12 nitrogen and oxygen atoms in total. The van der Waals surface area contributed by atoms with Crippen molar-refractivity contribution in [1.29, 1.82) is 0 Å². The maximum Gasteiger partial charge on any atom is 0.573 e. The number of hydrogen-bond acceptors (Lipinski definition) is 10. The molecule has 60 heavy (non-hydrogen) atoms. The fraction of sp³-hybridized carbons (Fsp3) is 0.0952. The summed E-state index contributed by atoms with van der Waals surface area (Å²) >= 11 is 0. The Morgan fingerprint density at radius 2 is 1.12 bits per heavy atom. The number of Topliss-reactive ketones (excluding diaryl/α,β-unsaturated/α-hetero) is 1. The van der Waals surface area contributed by atoms with E-state index in [0.717, 1.165) is 12.1 Å². The van der Waals surface area contributed by atoms with Crippen molar-refractivity contribution in [1.82, 2.24) is 29.2 Å². The average Bonchev–Trinajstić information content (AvgIpc) is 3.84. The zero-order valence-electron chi connectivity index (χ0n) is 31.3. The highest BCUT2D eigenvalue weighted by Gasteiger charge is 2.32. The molecule has 8 aromatic rings. The van der Waals surface area contributed by atoms with Gasteiger partial charge in [0, 0.05) is 40.5 Å². The SMILES string of the molecule is CC(=O)c1ccc(Nc2nc3c(-c4cccc(C(F)(F)F)c4)cccn3n2)cc1.COC(=O)c1ccc(Nc2nc3c(-c4cccc(OC(F)(F)F)c4)cccn3n2)cc1. The van der Waals surface area contributed by atoms with Crippen LogP contribution in [0.4, 0.5) is 49.6 Å². The van der Waals surface area contributed by atoms with Gasteiger partial charge >= 0.3 is 18.5 Å². The Hall–Kier alpha value is -7.76. The predicted octanol–water partition coefficient (Wildman–Crippen LogP) is 10.2. The third kappa shape index (κ3) is 9.50. The number of carbonyl (C=O) groups excluding carboxylic acids is 2. The fourth-order valence-corrected chi connectivity index (χ4v) is 5.95. The van der Waals surface area contributed by atoms with Gasteiger partial charge in [0.05, 0.1) is 18.2 Å². The van der Waals surface area contributed by atoms with Gasteiger partial charge in [-0.25, -0.2) is 13.8 Å². The van der Waals surface area contributed by atoms with Crippen molar-refractivity contribution in [3.63, 3.8) is 0 Å². The number of halogens is 6. The van der Waals surface area contributed by atoms with E-state index in [0.29, 0.717) is 62.0 Å². The molecule has 0 spiro atoms. The monoisotopic (exact) mass is 824 g/mol. The molecule has 4 heterocycles. The summed E-state index contributed by atoms with van der Waals surface area (Å²) in [5.74, 6) is -0.233. The van der Waals surface area contributed by atoms with Crippen molar-refractivity contribution in [2.75, 3.05) is 17.7 Å². The minimum atomic E-state index is -4.78. The number of benzene rings is 4. The highest BCUT2D eigenvalue weighted by atomic mass is 19.4. The number of anilines is 4. The van der Waals surface area contributed by atoms with Crippen LogP contribution in [0.15, 0.2) is 134 Å². The first-order valence-electron chi connectivity index (χ1n) is 17.7. The van der Waals surface area contributed by atoms with Gasteiger partial charge in [-0.1, -0.05) is 24.3 Å². The molecule has 304 valence electrons. The summed E-state index contributed by atoms with van der Waals surface area (Å²) in [7, 11) is 1.30. The Kier molecular flexibility index (Phi) is 11.2. The van der Waals surface area contributed by atoms with E-state index in [4.69, 9.17) is 0 Å². The quantitative estimate of drug-likeness (QED) is 0.0822. The second-order valence-electron chi connectivity index (χ2n) is 12.9. The second-order valence-corrected chi connectivity index (χ2v) is 12.9. The minimum absolute atomic E-state index is 0.0341. The molecule has 18 heteroatoms. The Balaban J connectivity index is 0.000000182. The van der Waals surface area contributed by atoms with E-state index in [1.807, 2.05) is 0 Å². The summed E-state index contributed by atoms with van der Waals surface area (Å²) in [4.78, 5) is 31.8. The third-order valence-electron chi connectivity index (χ3n) is 8.71. The summed E-state index contributed by atoms with van der Waals surface area (Å²) in [5, 5.41) is 14.7. The number of fused-ring (bicyclic) bond motifs is 2. The molecule has 0 aliphatic rings. The van der Waals surface area contributed by atoms with E-state index < -0.39 is 24.1 Å². The van der Waals surface area contributed by atoms with Crippen LogP contribution in [-0.4, -0.2) is 54.4 Å². The van der Waals surface area contributed by atoms with Crippen LogP contribution >= 0.6 is 0 Å². The van der Waals surface area contributed by atoms with Crippen LogP contribution in [0.5, 0.6) is 5.75 Å². The number of pyridine rings is 2. The van der Waals surface area contributed by atoms with E-state index in [1.54, 1.807) is 97.3 Å². The van der Waals surface area contributed by atoms with Gasteiger partial charge in [0.2, 0.25) is 11.9 Å². The largest absolute Gasteiger partial charge is 0.573 e. The summed E-state index contributed by atoms with van der Waals surface area (Å²) in [6.07, 6.45) is -5.86. The summed E-state index contributed by atoms with van der Waals surface area (Å²) in [6.45, 7) is 1.49. The zero-order valence-corrected chi connectivity index (χ0v) is 31.3. The number of carbonyl (C=O) groups is 2. The Morgan fingerprint density at radius 1 is 0.617 bits per heavy atom. The number of methoxy groups -OCH3 is 1. The number of esters is 1. The number of nitrogens with one attached hydrogen (secondary N) is 2. The summed E-state index contributed by atoms with van der Waals surface area (Å²) in [5.41, 5.74) is 4.48. The van der Waals surface area contributed by atoms with Crippen LogP contribution in [0.3, 0.4) is 0 Å². The highest BCUT2D eigenvalue weighted by molar-refractivity contribution is 5.94. The average molecular weight is 825 g/mol. The molecule has 0 aliphatic carbocycles.